The molecule has 0 N–H and O–H groups in total. The summed E-state index contributed by atoms with van der Waals surface area (Å²) < 4.78 is 13.5. The standard InChI is InChI=1S/C46H35B7N2O2/c47-35-32(44-33(36(48)38(35)50)34-37(49)39(51)40(52)41(53)45(34)57-44)28-10-5-11-29(19-28)42-46-43(55-21-54-42)30-20-27(16-17-31(30)56-46)26-9-4-8-25(18-26)24-14-12-23(13-15-24)22-6-2-1-3-7-22/h1-21H,47-53H2. The van der Waals surface area contributed by atoms with Gasteiger partial charge >= 0.3 is 0 Å². The minimum absolute atomic E-state index is 0.678. The molecule has 0 aliphatic rings. The van der Waals surface area contributed by atoms with Crippen LogP contribution in [-0.4, -0.2) is 64.9 Å². The molecular weight excluding hydrogens is 688 g/mol. The fourth-order valence-electron chi connectivity index (χ4n) is 8.83. The first-order valence-corrected chi connectivity index (χ1v) is 19.6. The molecule has 11 heteroatoms. The molecule has 0 bridgehead atoms. The zero-order valence-electron chi connectivity index (χ0n) is 33.3. The molecule has 4 nitrogen and oxygen atoms in total. The molecule has 0 saturated carbocycles. The van der Waals surface area contributed by atoms with Crippen LogP contribution in [0.1, 0.15) is 0 Å². The summed E-state index contributed by atoms with van der Waals surface area (Å²) >= 11 is 0. The number of furan rings is 2. The molecule has 0 fully saturated rings. The van der Waals surface area contributed by atoms with Gasteiger partial charge in [0.2, 0.25) is 0 Å². The highest BCUT2D eigenvalue weighted by Gasteiger charge is 2.24. The van der Waals surface area contributed by atoms with E-state index in [9.17, 15) is 0 Å². The Morgan fingerprint density at radius 3 is 1.63 bits per heavy atom. The quantitative estimate of drug-likeness (QED) is 0.242. The molecular formula is C46H35B7N2O2. The normalized spacial score (nSPS) is 11.6. The number of benzene rings is 7. The number of nitrogens with zero attached hydrogens (tertiary/aromatic N) is 2. The van der Waals surface area contributed by atoms with Crippen molar-refractivity contribution < 1.29 is 8.83 Å². The number of fused-ring (bicyclic) bond motifs is 6. The highest BCUT2D eigenvalue weighted by Crippen LogP contribution is 2.38. The largest absolute Gasteiger partial charge is 0.456 e. The second-order valence-corrected chi connectivity index (χ2v) is 15.6. The van der Waals surface area contributed by atoms with E-state index in [0.29, 0.717) is 5.58 Å². The Hall–Kier alpha value is -6.33. The van der Waals surface area contributed by atoms with Crippen molar-refractivity contribution in [1.29, 1.82) is 0 Å². The fraction of sp³-hybridized carbons (Fsp3) is 0. The monoisotopic (exact) mass is 724 g/mol. The summed E-state index contributed by atoms with van der Waals surface area (Å²) in [6.45, 7) is 0. The highest BCUT2D eigenvalue weighted by atomic mass is 16.3. The summed E-state index contributed by atoms with van der Waals surface area (Å²) in [7, 11) is 15.5. The molecule has 3 aromatic heterocycles. The Labute approximate surface area is 338 Å². The van der Waals surface area contributed by atoms with Crippen LogP contribution in [0.15, 0.2) is 136 Å². The van der Waals surface area contributed by atoms with Gasteiger partial charge in [-0.3, -0.25) is 0 Å². The third-order valence-electron chi connectivity index (χ3n) is 12.6. The van der Waals surface area contributed by atoms with Crippen LogP contribution in [0.25, 0.3) is 99.8 Å². The van der Waals surface area contributed by atoms with E-state index >= 15 is 0 Å². The summed E-state index contributed by atoms with van der Waals surface area (Å²) in [5.41, 5.74) is 24.0. The zero-order chi connectivity index (χ0) is 39.1. The van der Waals surface area contributed by atoms with Crippen molar-refractivity contribution >= 4 is 137 Å². The molecule has 10 rings (SSSR count). The van der Waals surface area contributed by atoms with E-state index in [1.54, 1.807) is 6.33 Å². The van der Waals surface area contributed by atoms with Crippen LogP contribution < -0.4 is 38.2 Å². The van der Waals surface area contributed by atoms with Gasteiger partial charge in [0.05, 0.1) is 0 Å². The van der Waals surface area contributed by atoms with Crippen LogP contribution in [0, 0.1) is 0 Å². The average Bonchev–Trinajstić information content (AvgIpc) is 3.84. The van der Waals surface area contributed by atoms with E-state index in [2.05, 4.69) is 170 Å². The molecule has 0 amide bonds. The molecule has 0 radical (unpaired) electrons. The van der Waals surface area contributed by atoms with Gasteiger partial charge < -0.3 is 8.83 Å². The van der Waals surface area contributed by atoms with Crippen molar-refractivity contribution in [3.63, 3.8) is 0 Å². The van der Waals surface area contributed by atoms with Crippen molar-refractivity contribution in [2.75, 3.05) is 0 Å². The van der Waals surface area contributed by atoms with Crippen molar-refractivity contribution in [3.8, 4) is 55.8 Å². The number of rotatable bonds is 5. The number of aromatic nitrogens is 2. The van der Waals surface area contributed by atoms with Crippen LogP contribution in [-0.2, 0) is 0 Å². The molecule has 0 aliphatic carbocycles. The Kier molecular flexibility index (Phi) is 8.26. The summed E-state index contributed by atoms with van der Waals surface area (Å²) in [4.78, 5) is 9.60. The Bertz CT molecular complexity index is 3270. The predicted molar refractivity (Wildman–Crippen MR) is 261 cm³/mol. The lowest BCUT2D eigenvalue weighted by atomic mass is 9.64. The topological polar surface area (TPSA) is 52.1 Å². The van der Waals surface area contributed by atoms with Gasteiger partial charge in [0.15, 0.2) is 5.58 Å². The van der Waals surface area contributed by atoms with E-state index < -0.39 is 0 Å². The first-order chi connectivity index (χ1) is 27.7. The van der Waals surface area contributed by atoms with Gasteiger partial charge in [-0.05, 0) is 63.2 Å². The number of hydrogen-bond acceptors (Lipinski definition) is 4. The second-order valence-electron chi connectivity index (χ2n) is 15.6. The molecule has 0 unspecified atom stereocenters. The molecule has 0 atom stereocenters. The van der Waals surface area contributed by atoms with Gasteiger partial charge in [0.1, 0.15) is 89.2 Å². The van der Waals surface area contributed by atoms with Crippen LogP contribution in [0.3, 0.4) is 0 Å². The minimum Gasteiger partial charge on any atom is -0.456 e. The van der Waals surface area contributed by atoms with Crippen LogP contribution in [0.4, 0.5) is 0 Å². The summed E-state index contributed by atoms with van der Waals surface area (Å²) in [5, 5.41) is 3.40. The predicted octanol–water partition coefficient (Wildman–Crippen LogP) is 0.419. The second kappa shape index (κ2) is 13.4. The van der Waals surface area contributed by atoms with Gasteiger partial charge in [-0.25, -0.2) is 9.97 Å². The highest BCUT2D eigenvalue weighted by molar-refractivity contribution is 6.69. The number of hydrogen-bond donors (Lipinski definition) is 0. The van der Waals surface area contributed by atoms with E-state index in [-0.39, 0.29) is 0 Å². The van der Waals surface area contributed by atoms with Crippen molar-refractivity contribution in [1.82, 2.24) is 9.97 Å². The van der Waals surface area contributed by atoms with Crippen molar-refractivity contribution in [2.24, 2.45) is 0 Å². The SMILES string of the molecule is Bc1c(B)c(B)c2c(oc3c(-c4cccc(-c5ncnc6c5oc5ccc(-c7cccc(-c8ccc(-c9ccccc9)cc8)c7)cc56)c4)c(B)c(B)c(B)c32)c1B. The maximum atomic E-state index is 6.92. The molecule has 3 heterocycles. The first-order valence-electron chi connectivity index (χ1n) is 19.6. The fourth-order valence-corrected chi connectivity index (χ4v) is 8.83. The smallest absolute Gasteiger partial charge is 0.180 e. The van der Waals surface area contributed by atoms with Crippen molar-refractivity contribution in [3.05, 3.63) is 128 Å². The van der Waals surface area contributed by atoms with Gasteiger partial charge in [0.25, 0.3) is 0 Å². The van der Waals surface area contributed by atoms with E-state index in [0.717, 1.165) is 61.2 Å². The molecule has 262 valence electrons. The van der Waals surface area contributed by atoms with E-state index in [4.69, 9.17) is 18.8 Å². The maximum absolute atomic E-state index is 6.92. The summed E-state index contributed by atoms with van der Waals surface area (Å²) in [5.74, 6) is 0. The molecule has 7 aromatic carbocycles. The Morgan fingerprint density at radius 2 is 0.895 bits per heavy atom. The average molecular weight is 723 g/mol. The van der Waals surface area contributed by atoms with Crippen LogP contribution >= 0.6 is 0 Å². The third kappa shape index (κ3) is 5.55. The molecule has 0 spiro atoms. The van der Waals surface area contributed by atoms with Gasteiger partial charge in [-0.2, -0.15) is 0 Å². The summed E-state index contributed by atoms with van der Waals surface area (Å²) in [6.07, 6.45) is 1.65. The molecule has 0 aliphatic heterocycles. The van der Waals surface area contributed by atoms with Gasteiger partial charge in [-0.15, -0.1) is 5.46 Å². The van der Waals surface area contributed by atoms with E-state index in [1.807, 2.05) is 6.07 Å². The lowest BCUT2D eigenvalue weighted by Gasteiger charge is -2.16. The van der Waals surface area contributed by atoms with Gasteiger partial charge in [-0.1, -0.05) is 130 Å². The van der Waals surface area contributed by atoms with E-state index in [1.165, 1.54) is 71.3 Å². The molecule has 57 heavy (non-hydrogen) atoms. The minimum atomic E-state index is 0.678. The maximum Gasteiger partial charge on any atom is 0.180 e. The Balaban J connectivity index is 1.06. The third-order valence-corrected chi connectivity index (χ3v) is 12.6. The van der Waals surface area contributed by atoms with Crippen LogP contribution in [0.2, 0.25) is 0 Å². The molecule has 0 saturated heterocycles. The lowest BCUT2D eigenvalue weighted by Crippen LogP contribution is -2.47. The van der Waals surface area contributed by atoms with Crippen molar-refractivity contribution in [2.45, 2.75) is 0 Å². The summed E-state index contributed by atoms with van der Waals surface area (Å²) in [6, 6.07) is 43.0. The van der Waals surface area contributed by atoms with Crippen LogP contribution in [0.5, 0.6) is 0 Å². The zero-order valence-corrected chi connectivity index (χ0v) is 33.3. The Morgan fingerprint density at radius 1 is 0.368 bits per heavy atom. The lowest BCUT2D eigenvalue weighted by molar-refractivity contribution is 0.667. The van der Waals surface area contributed by atoms with Gasteiger partial charge in [0, 0.05) is 27.3 Å². The molecule has 10 aromatic rings. The first kappa shape index (κ1) is 35.1.